The largest absolute Gasteiger partial charge is 0.481 e. The van der Waals surface area contributed by atoms with Crippen LogP contribution in [0.5, 0.6) is 11.5 Å². The molecule has 31 heavy (non-hydrogen) atoms. The Balaban J connectivity index is 1.72. The number of likely N-dealkylation sites (tertiary alicyclic amines) is 1. The number of piperidine rings is 1. The fraction of sp³-hybridized carbons (Fsp3) is 0.240. The Morgan fingerprint density at radius 2 is 1.77 bits per heavy atom. The van der Waals surface area contributed by atoms with Crippen LogP contribution in [0.1, 0.15) is 30.0 Å². The highest BCUT2D eigenvalue weighted by Gasteiger charge is 2.32. The Hall–Kier alpha value is -3.25. The van der Waals surface area contributed by atoms with E-state index >= 15 is 0 Å². The van der Waals surface area contributed by atoms with Gasteiger partial charge in [-0.25, -0.2) is 8.78 Å². The summed E-state index contributed by atoms with van der Waals surface area (Å²) in [5, 5.41) is 9.51. The molecule has 0 aromatic heterocycles. The van der Waals surface area contributed by atoms with Crippen LogP contribution in [0, 0.1) is 17.6 Å². The summed E-state index contributed by atoms with van der Waals surface area (Å²) >= 11 is 0. The molecular formula is C25H23F2NO3. The lowest BCUT2D eigenvalue weighted by molar-refractivity contribution is -0.143. The Bertz CT molecular complexity index is 1060. The van der Waals surface area contributed by atoms with Crippen molar-refractivity contribution in [3.63, 3.8) is 0 Å². The van der Waals surface area contributed by atoms with Crippen LogP contribution in [0.2, 0.25) is 0 Å². The van der Waals surface area contributed by atoms with Crippen molar-refractivity contribution in [1.82, 2.24) is 4.90 Å². The van der Waals surface area contributed by atoms with Crippen molar-refractivity contribution in [2.45, 2.75) is 18.9 Å². The molecule has 0 radical (unpaired) electrons. The number of aliphatic carboxylic acids is 1. The highest BCUT2D eigenvalue weighted by atomic mass is 19.1. The van der Waals surface area contributed by atoms with Crippen LogP contribution in [0.25, 0.3) is 0 Å². The molecule has 2 unspecified atom stereocenters. The number of hydrogen-bond donors (Lipinski definition) is 1. The third kappa shape index (κ3) is 4.91. The lowest BCUT2D eigenvalue weighted by Gasteiger charge is -2.37. The minimum atomic E-state index is -0.857. The van der Waals surface area contributed by atoms with Crippen LogP contribution in [0.3, 0.4) is 0 Å². The zero-order chi connectivity index (χ0) is 21.8. The summed E-state index contributed by atoms with van der Waals surface area (Å²) in [7, 11) is 0. The van der Waals surface area contributed by atoms with Gasteiger partial charge in [-0.3, -0.25) is 9.69 Å². The summed E-state index contributed by atoms with van der Waals surface area (Å²) in [6, 6.07) is 19.6. The normalized spacial score (nSPS) is 17.8. The first-order valence-corrected chi connectivity index (χ1v) is 10.3. The zero-order valence-corrected chi connectivity index (χ0v) is 16.9. The Labute approximate surface area is 179 Å². The number of benzene rings is 3. The van der Waals surface area contributed by atoms with Crippen molar-refractivity contribution in [3.8, 4) is 11.5 Å². The molecule has 160 valence electrons. The number of ether oxygens (including phenoxy) is 1. The third-order valence-electron chi connectivity index (χ3n) is 5.58. The van der Waals surface area contributed by atoms with Gasteiger partial charge in [0.05, 0.1) is 12.0 Å². The van der Waals surface area contributed by atoms with Crippen LogP contribution < -0.4 is 4.74 Å². The Morgan fingerprint density at radius 3 is 2.52 bits per heavy atom. The number of carboxylic acid groups (broad SMARTS) is 1. The van der Waals surface area contributed by atoms with Gasteiger partial charge >= 0.3 is 5.97 Å². The number of carbonyl (C=O) groups is 1. The second-order valence-electron chi connectivity index (χ2n) is 7.73. The molecule has 1 heterocycles. The standard InChI is InChI=1S/C25H23F2NO3/c26-19-11-12-22(23(27)15-19)24(28-13-5-7-18(16-28)25(29)30)17-6-4-10-21(14-17)31-20-8-2-1-3-9-20/h1-4,6,8-12,14-15,18,24H,5,7,13,16H2,(H,29,30). The van der Waals surface area contributed by atoms with Crippen molar-refractivity contribution in [1.29, 1.82) is 0 Å². The number of rotatable bonds is 6. The molecule has 3 aromatic rings. The third-order valence-corrected chi connectivity index (χ3v) is 5.58. The molecule has 0 aliphatic carbocycles. The van der Waals surface area contributed by atoms with Crippen LogP contribution >= 0.6 is 0 Å². The van der Waals surface area contributed by atoms with Gasteiger partial charge in [-0.15, -0.1) is 0 Å². The maximum atomic E-state index is 14.8. The molecule has 0 spiro atoms. The van der Waals surface area contributed by atoms with E-state index in [4.69, 9.17) is 4.74 Å². The van der Waals surface area contributed by atoms with Crippen molar-refractivity contribution >= 4 is 5.97 Å². The molecule has 0 amide bonds. The second-order valence-corrected chi connectivity index (χ2v) is 7.73. The van der Waals surface area contributed by atoms with E-state index in [1.165, 1.54) is 12.1 Å². The number of carboxylic acids is 1. The van der Waals surface area contributed by atoms with Gasteiger partial charge in [-0.2, -0.15) is 0 Å². The van der Waals surface area contributed by atoms with Gasteiger partial charge in [-0.1, -0.05) is 36.4 Å². The molecule has 2 atom stereocenters. The number of halogens is 2. The smallest absolute Gasteiger partial charge is 0.307 e. The number of nitrogens with zero attached hydrogens (tertiary/aromatic N) is 1. The lowest BCUT2D eigenvalue weighted by atomic mass is 9.91. The second kappa shape index (κ2) is 9.27. The van der Waals surface area contributed by atoms with E-state index < -0.39 is 29.6 Å². The molecule has 3 aromatic carbocycles. The molecule has 1 fully saturated rings. The van der Waals surface area contributed by atoms with E-state index in [9.17, 15) is 18.7 Å². The average molecular weight is 423 g/mol. The van der Waals surface area contributed by atoms with Gasteiger partial charge in [-0.05, 0) is 55.3 Å². The SMILES string of the molecule is O=C(O)C1CCCN(C(c2cccc(Oc3ccccc3)c2)c2ccc(F)cc2F)C1. The van der Waals surface area contributed by atoms with Crippen LogP contribution in [-0.4, -0.2) is 29.1 Å². The van der Waals surface area contributed by atoms with E-state index in [0.29, 0.717) is 43.0 Å². The Kier molecular flexibility index (Phi) is 6.28. The first kappa shape index (κ1) is 21.0. The van der Waals surface area contributed by atoms with Crippen LogP contribution in [0.15, 0.2) is 72.8 Å². The summed E-state index contributed by atoms with van der Waals surface area (Å²) in [4.78, 5) is 13.6. The molecule has 1 aliphatic rings. The van der Waals surface area contributed by atoms with Gasteiger partial charge in [0.15, 0.2) is 0 Å². The fourth-order valence-electron chi connectivity index (χ4n) is 4.13. The van der Waals surface area contributed by atoms with E-state index in [1.807, 2.05) is 59.5 Å². The molecule has 1 saturated heterocycles. The first-order chi connectivity index (χ1) is 15.0. The molecular weight excluding hydrogens is 400 g/mol. The highest BCUT2D eigenvalue weighted by Crippen LogP contribution is 2.36. The van der Waals surface area contributed by atoms with Crippen molar-refractivity contribution < 1.29 is 23.4 Å². The molecule has 6 heteroatoms. The first-order valence-electron chi connectivity index (χ1n) is 10.3. The molecule has 0 bridgehead atoms. The maximum Gasteiger partial charge on any atom is 0.307 e. The predicted octanol–water partition coefficient (Wildman–Crippen LogP) is 5.64. The van der Waals surface area contributed by atoms with Crippen molar-refractivity contribution in [3.05, 3.63) is 95.6 Å². The minimum absolute atomic E-state index is 0.292. The van der Waals surface area contributed by atoms with Crippen LogP contribution in [-0.2, 0) is 4.79 Å². The van der Waals surface area contributed by atoms with E-state index in [2.05, 4.69) is 0 Å². The van der Waals surface area contributed by atoms with Crippen molar-refractivity contribution in [2.24, 2.45) is 5.92 Å². The maximum absolute atomic E-state index is 14.8. The highest BCUT2D eigenvalue weighted by molar-refractivity contribution is 5.70. The summed E-state index contributed by atoms with van der Waals surface area (Å²) < 4.78 is 34.3. The summed E-state index contributed by atoms with van der Waals surface area (Å²) in [5.41, 5.74) is 1.06. The molecule has 1 N–H and O–H groups in total. The van der Waals surface area contributed by atoms with Gasteiger partial charge in [0.1, 0.15) is 23.1 Å². The monoisotopic (exact) mass is 423 g/mol. The zero-order valence-electron chi connectivity index (χ0n) is 16.9. The molecule has 4 rings (SSSR count). The van der Waals surface area contributed by atoms with E-state index in [0.717, 1.165) is 11.6 Å². The molecule has 4 nitrogen and oxygen atoms in total. The van der Waals surface area contributed by atoms with Gasteiger partial charge < -0.3 is 9.84 Å². The summed E-state index contributed by atoms with van der Waals surface area (Å²) in [5.74, 6) is -1.43. The van der Waals surface area contributed by atoms with E-state index in [-0.39, 0.29) is 0 Å². The predicted molar refractivity (Wildman–Crippen MR) is 113 cm³/mol. The Morgan fingerprint density at radius 1 is 1.00 bits per heavy atom. The summed E-state index contributed by atoms with van der Waals surface area (Å²) in [6.07, 6.45) is 1.28. The topological polar surface area (TPSA) is 49.8 Å². The molecule has 0 saturated carbocycles. The average Bonchev–Trinajstić information content (AvgIpc) is 2.77. The number of para-hydroxylation sites is 1. The summed E-state index contributed by atoms with van der Waals surface area (Å²) in [6.45, 7) is 0.912. The van der Waals surface area contributed by atoms with Crippen LogP contribution in [0.4, 0.5) is 8.78 Å². The quantitative estimate of drug-likeness (QED) is 0.557. The van der Waals surface area contributed by atoms with Gasteiger partial charge in [0, 0.05) is 18.2 Å². The lowest BCUT2D eigenvalue weighted by Crippen LogP contribution is -2.41. The fourth-order valence-corrected chi connectivity index (χ4v) is 4.13. The van der Waals surface area contributed by atoms with Gasteiger partial charge in [0.2, 0.25) is 0 Å². The molecule has 1 aliphatic heterocycles. The van der Waals surface area contributed by atoms with Gasteiger partial charge in [0.25, 0.3) is 0 Å². The minimum Gasteiger partial charge on any atom is -0.481 e. The van der Waals surface area contributed by atoms with E-state index in [1.54, 1.807) is 0 Å². The van der Waals surface area contributed by atoms with Crippen molar-refractivity contribution in [2.75, 3.05) is 13.1 Å². The number of hydrogen-bond acceptors (Lipinski definition) is 3.